The Hall–Kier alpha value is -1.83. The zero-order chi connectivity index (χ0) is 13.3. The van der Waals surface area contributed by atoms with Crippen LogP contribution in [-0.4, -0.2) is 38.5 Å². The van der Waals surface area contributed by atoms with Crippen molar-refractivity contribution in [3.05, 3.63) is 23.9 Å². The summed E-state index contributed by atoms with van der Waals surface area (Å²) < 4.78 is 37.8. The van der Waals surface area contributed by atoms with Crippen LogP contribution in [0.5, 0.6) is 0 Å². The molecule has 1 atom stereocenters. The molecular formula is C10H11F3N4O. The van der Waals surface area contributed by atoms with Crippen molar-refractivity contribution in [1.29, 1.82) is 0 Å². The number of hydrogen-bond donors (Lipinski definition) is 2. The molecule has 2 aromatic rings. The van der Waals surface area contributed by atoms with Crippen molar-refractivity contribution in [3.63, 3.8) is 0 Å². The van der Waals surface area contributed by atoms with Gasteiger partial charge in [0.25, 0.3) is 0 Å². The predicted molar refractivity (Wildman–Crippen MR) is 58.3 cm³/mol. The van der Waals surface area contributed by atoms with E-state index in [1.165, 1.54) is 4.52 Å². The second kappa shape index (κ2) is 4.45. The van der Waals surface area contributed by atoms with Crippen LogP contribution in [0.4, 0.5) is 19.1 Å². The molecule has 0 fully saturated rings. The van der Waals surface area contributed by atoms with Gasteiger partial charge in [-0.05, 0) is 19.1 Å². The van der Waals surface area contributed by atoms with E-state index in [2.05, 4.69) is 15.4 Å². The molecule has 0 spiro atoms. The van der Waals surface area contributed by atoms with Gasteiger partial charge in [0, 0.05) is 5.69 Å². The van der Waals surface area contributed by atoms with Crippen LogP contribution >= 0.6 is 0 Å². The van der Waals surface area contributed by atoms with Crippen LogP contribution < -0.4 is 5.32 Å². The zero-order valence-electron chi connectivity index (χ0n) is 9.44. The monoisotopic (exact) mass is 260 g/mol. The maximum atomic E-state index is 12.1. The zero-order valence-corrected chi connectivity index (χ0v) is 9.44. The highest BCUT2D eigenvalue weighted by Gasteiger charge is 2.38. The Bertz CT molecular complexity index is 552. The van der Waals surface area contributed by atoms with Gasteiger partial charge in [-0.15, -0.1) is 5.10 Å². The number of aryl methyl sites for hydroxylation is 1. The summed E-state index contributed by atoms with van der Waals surface area (Å²) >= 11 is 0. The lowest BCUT2D eigenvalue weighted by atomic mass is 10.3. The molecule has 0 radical (unpaired) electrons. The molecule has 0 saturated heterocycles. The van der Waals surface area contributed by atoms with Gasteiger partial charge in [-0.3, -0.25) is 0 Å². The van der Waals surface area contributed by atoms with Crippen molar-refractivity contribution in [1.82, 2.24) is 14.6 Å². The fourth-order valence-electron chi connectivity index (χ4n) is 1.41. The van der Waals surface area contributed by atoms with E-state index >= 15 is 0 Å². The van der Waals surface area contributed by atoms with Crippen LogP contribution in [0.2, 0.25) is 0 Å². The molecule has 18 heavy (non-hydrogen) atoms. The Labute approximate surface area is 100 Å². The summed E-state index contributed by atoms with van der Waals surface area (Å²) in [4.78, 5) is 3.99. The minimum atomic E-state index is -4.65. The molecule has 2 heterocycles. The molecule has 2 rings (SSSR count). The van der Waals surface area contributed by atoms with Crippen LogP contribution in [-0.2, 0) is 0 Å². The van der Waals surface area contributed by atoms with Crippen molar-refractivity contribution in [3.8, 4) is 0 Å². The highest BCUT2D eigenvalue weighted by atomic mass is 19.4. The largest absolute Gasteiger partial charge is 0.416 e. The number of hydrogen-bond acceptors (Lipinski definition) is 4. The molecule has 2 N–H and O–H groups in total. The number of anilines is 1. The first kappa shape index (κ1) is 12.6. The second-order valence-corrected chi connectivity index (χ2v) is 3.81. The smallest absolute Gasteiger partial charge is 0.382 e. The highest BCUT2D eigenvalue weighted by molar-refractivity contribution is 5.44. The molecule has 0 aromatic carbocycles. The summed E-state index contributed by atoms with van der Waals surface area (Å²) in [6, 6.07) is 5.26. The lowest BCUT2D eigenvalue weighted by Gasteiger charge is -2.13. The van der Waals surface area contributed by atoms with Crippen molar-refractivity contribution in [2.24, 2.45) is 0 Å². The first-order valence-electron chi connectivity index (χ1n) is 5.19. The third-order valence-corrected chi connectivity index (χ3v) is 2.38. The minimum absolute atomic E-state index is 0.0487. The number of nitrogens with zero attached hydrogens (tertiary/aromatic N) is 3. The Morgan fingerprint density at radius 2 is 2.17 bits per heavy atom. The van der Waals surface area contributed by atoms with Gasteiger partial charge in [-0.1, -0.05) is 6.07 Å². The summed E-state index contributed by atoms with van der Waals surface area (Å²) in [7, 11) is 0. The molecule has 98 valence electrons. The minimum Gasteiger partial charge on any atom is -0.382 e. The highest BCUT2D eigenvalue weighted by Crippen LogP contribution is 2.20. The van der Waals surface area contributed by atoms with Crippen LogP contribution in [0.15, 0.2) is 18.2 Å². The lowest BCUT2D eigenvalue weighted by Crippen LogP contribution is -2.35. The van der Waals surface area contributed by atoms with E-state index < -0.39 is 18.8 Å². The summed E-state index contributed by atoms with van der Waals surface area (Å²) in [5.74, 6) is 0.0487. The number of aromatic nitrogens is 3. The van der Waals surface area contributed by atoms with Gasteiger partial charge in [0.15, 0.2) is 11.8 Å². The summed E-state index contributed by atoms with van der Waals surface area (Å²) in [6.07, 6.45) is -7.09. The van der Waals surface area contributed by atoms with Crippen molar-refractivity contribution in [2.75, 3.05) is 11.9 Å². The summed E-state index contributed by atoms with van der Waals surface area (Å²) in [6.45, 7) is 1.12. The van der Waals surface area contributed by atoms with Gasteiger partial charge in [-0.2, -0.15) is 18.2 Å². The van der Waals surface area contributed by atoms with Crippen LogP contribution in [0.25, 0.3) is 5.65 Å². The van der Waals surface area contributed by atoms with Gasteiger partial charge in [0.1, 0.15) is 0 Å². The molecule has 2 aromatic heterocycles. The van der Waals surface area contributed by atoms with Crippen LogP contribution in [0.1, 0.15) is 5.69 Å². The molecular weight excluding hydrogens is 249 g/mol. The topological polar surface area (TPSA) is 62.5 Å². The SMILES string of the molecule is Cc1cccc2nc(NCC(O)C(F)(F)F)nn12. The standard InChI is InChI=1S/C10H11F3N4O/c1-6-3-2-4-8-15-9(16-17(6)8)14-5-7(18)10(11,12)13/h2-4,7,18H,5H2,1H3,(H,14,16). The fourth-order valence-corrected chi connectivity index (χ4v) is 1.41. The second-order valence-electron chi connectivity index (χ2n) is 3.81. The van der Waals surface area contributed by atoms with E-state index in [0.29, 0.717) is 5.65 Å². The van der Waals surface area contributed by atoms with Crippen molar-refractivity contribution >= 4 is 11.6 Å². The summed E-state index contributed by atoms with van der Waals surface area (Å²) in [5, 5.41) is 15.2. The average molecular weight is 260 g/mol. The van der Waals surface area contributed by atoms with Gasteiger partial charge in [-0.25, -0.2) is 4.52 Å². The Balaban J connectivity index is 2.11. The van der Waals surface area contributed by atoms with E-state index in [4.69, 9.17) is 5.11 Å². The normalized spacial score (nSPS) is 13.8. The van der Waals surface area contributed by atoms with E-state index in [0.717, 1.165) is 5.69 Å². The number of fused-ring (bicyclic) bond motifs is 1. The molecule has 0 bridgehead atoms. The van der Waals surface area contributed by atoms with E-state index in [-0.39, 0.29) is 5.95 Å². The Morgan fingerprint density at radius 1 is 1.44 bits per heavy atom. The Kier molecular flexibility index (Phi) is 3.12. The van der Waals surface area contributed by atoms with Gasteiger partial charge < -0.3 is 10.4 Å². The molecule has 0 aliphatic rings. The molecule has 5 nitrogen and oxygen atoms in total. The first-order valence-corrected chi connectivity index (χ1v) is 5.19. The average Bonchev–Trinajstić information content (AvgIpc) is 2.69. The van der Waals surface area contributed by atoms with Crippen LogP contribution in [0, 0.1) is 6.92 Å². The number of pyridine rings is 1. The molecule has 0 saturated carbocycles. The maximum Gasteiger partial charge on any atom is 0.416 e. The molecule has 0 amide bonds. The third-order valence-electron chi connectivity index (χ3n) is 2.38. The number of aliphatic hydroxyl groups excluding tert-OH is 1. The Morgan fingerprint density at radius 3 is 2.78 bits per heavy atom. The van der Waals surface area contributed by atoms with Gasteiger partial charge in [0.05, 0.1) is 6.54 Å². The quantitative estimate of drug-likeness (QED) is 0.875. The van der Waals surface area contributed by atoms with Crippen LogP contribution in [0.3, 0.4) is 0 Å². The van der Waals surface area contributed by atoms with E-state index in [1.54, 1.807) is 25.1 Å². The molecule has 8 heteroatoms. The third kappa shape index (κ3) is 2.53. The number of nitrogens with one attached hydrogen (secondary N) is 1. The first-order chi connectivity index (χ1) is 8.38. The maximum absolute atomic E-state index is 12.1. The fraction of sp³-hybridized carbons (Fsp3) is 0.400. The predicted octanol–water partition coefficient (Wildman–Crippen LogP) is 1.37. The molecule has 0 aliphatic carbocycles. The number of alkyl halides is 3. The lowest BCUT2D eigenvalue weighted by molar-refractivity contribution is -0.198. The number of halogens is 3. The summed E-state index contributed by atoms with van der Waals surface area (Å²) in [5.41, 5.74) is 1.34. The number of aliphatic hydroxyl groups is 1. The van der Waals surface area contributed by atoms with E-state index in [9.17, 15) is 13.2 Å². The van der Waals surface area contributed by atoms with E-state index in [1.807, 2.05) is 0 Å². The van der Waals surface area contributed by atoms with Crippen molar-refractivity contribution in [2.45, 2.75) is 19.2 Å². The van der Waals surface area contributed by atoms with Gasteiger partial charge >= 0.3 is 6.18 Å². The molecule has 0 aliphatic heterocycles. The van der Waals surface area contributed by atoms with Crippen molar-refractivity contribution < 1.29 is 18.3 Å². The van der Waals surface area contributed by atoms with Gasteiger partial charge in [0.2, 0.25) is 5.95 Å². The number of rotatable bonds is 3. The molecule has 1 unspecified atom stereocenters.